The molecule has 0 aliphatic rings. The average Bonchev–Trinajstić information content (AvgIpc) is 3.08. The molecule has 3 rings (SSSR count). The number of benzene rings is 2. The molecule has 1 amide bonds. The van der Waals surface area contributed by atoms with Gasteiger partial charge >= 0.3 is 0 Å². The minimum atomic E-state index is -0.296. The highest BCUT2D eigenvalue weighted by Crippen LogP contribution is 2.42. The highest BCUT2D eigenvalue weighted by molar-refractivity contribution is 5.75. The number of aromatic hydroxyl groups is 1. The molecule has 30 heavy (non-hydrogen) atoms. The van der Waals surface area contributed by atoms with Crippen LogP contribution in [0.5, 0.6) is 5.75 Å². The molecule has 3 aromatic rings. The SMILES string of the molecule is CC(C)(C)CC(C)(C)c1cc(CCC(=O)NN)cc(-n2nc3ccccc3n2)c1O. The first kappa shape index (κ1) is 21.8. The van der Waals surface area contributed by atoms with Crippen molar-refractivity contribution in [2.45, 2.75) is 59.3 Å². The van der Waals surface area contributed by atoms with Gasteiger partial charge in [0, 0.05) is 12.0 Å². The summed E-state index contributed by atoms with van der Waals surface area (Å²) in [6.07, 6.45) is 1.62. The zero-order valence-electron chi connectivity index (χ0n) is 18.4. The zero-order chi connectivity index (χ0) is 22.1. The van der Waals surface area contributed by atoms with Crippen molar-refractivity contribution in [1.29, 1.82) is 0 Å². The number of nitrogens with zero attached hydrogens (tertiary/aromatic N) is 3. The second-order valence-electron chi connectivity index (χ2n) is 9.68. The molecule has 0 saturated heterocycles. The summed E-state index contributed by atoms with van der Waals surface area (Å²) < 4.78 is 0. The molecule has 0 saturated carbocycles. The average molecular weight is 410 g/mol. The number of phenols is 1. The van der Waals surface area contributed by atoms with Crippen LogP contribution in [0.1, 0.15) is 58.6 Å². The summed E-state index contributed by atoms with van der Waals surface area (Å²) in [5.74, 6) is 5.16. The molecule has 1 aromatic heterocycles. The maximum atomic E-state index is 11.7. The molecule has 7 nitrogen and oxygen atoms in total. The van der Waals surface area contributed by atoms with E-state index in [1.54, 1.807) is 0 Å². The lowest BCUT2D eigenvalue weighted by Crippen LogP contribution is -2.30. The van der Waals surface area contributed by atoms with E-state index < -0.39 is 0 Å². The van der Waals surface area contributed by atoms with Crippen LogP contribution >= 0.6 is 0 Å². The number of aryl methyl sites for hydroxylation is 1. The number of aromatic nitrogens is 3. The summed E-state index contributed by atoms with van der Waals surface area (Å²) >= 11 is 0. The van der Waals surface area contributed by atoms with Crippen molar-refractivity contribution in [3.8, 4) is 11.4 Å². The number of amides is 1. The molecule has 0 aliphatic heterocycles. The molecule has 0 radical (unpaired) electrons. The molecule has 0 fully saturated rings. The first-order valence-corrected chi connectivity index (χ1v) is 10.2. The lowest BCUT2D eigenvalue weighted by atomic mass is 9.71. The summed E-state index contributed by atoms with van der Waals surface area (Å²) in [5.41, 5.74) is 5.69. The van der Waals surface area contributed by atoms with Crippen LogP contribution in [0.2, 0.25) is 0 Å². The van der Waals surface area contributed by atoms with Crippen LogP contribution in [0.3, 0.4) is 0 Å². The topological polar surface area (TPSA) is 106 Å². The Balaban J connectivity index is 2.13. The number of hydrogen-bond donors (Lipinski definition) is 3. The standard InChI is InChI=1S/C23H31N5O2/c1-22(2,3)14-23(4,5)16-12-15(10-11-20(29)25-24)13-19(21(16)30)28-26-17-8-6-7-9-18(17)27-28/h6-9,12-13,30H,10-11,14,24H2,1-5H3,(H,25,29). The summed E-state index contributed by atoms with van der Waals surface area (Å²) in [5, 5.41) is 20.3. The molecule has 4 N–H and O–H groups in total. The summed E-state index contributed by atoms with van der Waals surface area (Å²) in [7, 11) is 0. The van der Waals surface area contributed by atoms with Gasteiger partial charge in [0.25, 0.3) is 0 Å². The lowest BCUT2D eigenvalue weighted by Gasteiger charge is -2.34. The van der Waals surface area contributed by atoms with Gasteiger partial charge in [-0.25, -0.2) is 5.84 Å². The number of carbonyl (C=O) groups is 1. The maximum Gasteiger partial charge on any atom is 0.234 e. The first-order valence-electron chi connectivity index (χ1n) is 10.2. The number of rotatable bonds is 6. The van der Waals surface area contributed by atoms with Crippen LogP contribution in [-0.4, -0.2) is 26.0 Å². The Labute approximate surface area is 177 Å². The third kappa shape index (κ3) is 4.79. The van der Waals surface area contributed by atoms with E-state index in [1.807, 2.05) is 36.4 Å². The highest BCUT2D eigenvalue weighted by atomic mass is 16.3. The Kier molecular flexibility index (Phi) is 5.85. The van der Waals surface area contributed by atoms with Crippen molar-refractivity contribution in [3.05, 3.63) is 47.5 Å². The van der Waals surface area contributed by atoms with E-state index in [0.29, 0.717) is 12.1 Å². The van der Waals surface area contributed by atoms with E-state index in [-0.39, 0.29) is 28.9 Å². The van der Waals surface area contributed by atoms with Gasteiger partial charge in [0.1, 0.15) is 22.5 Å². The highest BCUT2D eigenvalue weighted by Gasteiger charge is 2.31. The Bertz CT molecular complexity index is 1030. The van der Waals surface area contributed by atoms with Gasteiger partial charge in [0.2, 0.25) is 5.91 Å². The van der Waals surface area contributed by atoms with Gasteiger partial charge in [-0.1, -0.05) is 52.8 Å². The van der Waals surface area contributed by atoms with E-state index in [9.17, 15) is 9.90 Å². The van der Waals surface area contributed by atoms with Gasteiger partial charge in [-0.05, 0) is 47.4 Å². The van der Waals surface area contributed by atoms with E-state index >= 15 is 0 Å². The minimum absolute atomic E-state index is 0.0736. The summed E-state index contributed by atoms with van der Waals surface area (Å²) in [4.78, 5) is 13.2. The van der Waals surface area contributed by atoms with Crippen LogP contribution in [-0.2, 0) is 16.6 Å². The first-order chi connectivity index (χ1) is 14.0. The van der Waals surface area contributed by atoms with Crippen molar-refractivity contribution in [2.75, 3.05) is 0 Å². The molecule has 0 unspecified atom stereocenters. The van der Waals surface area contributed by atoms with Crippen molar-refractivity contribution in [1.82, 2.24) is 20.4 Å². The fourth-order valence-corrected chi connectivity index (χ4v) is 4.21. The predicted octanol–water partition coefficient (Wildman–Crippen LogP) is 3.76. The fraction of sp³-hybridized carbons (Fsp3) is 0.435. The molecule has 7 heteroatoms. The minimum Gasteiger partial charge on any atom is -0.505 e. The number of carbonyl (C=O) groups excluding carboxylic acids is 1. The van der Waals surface area contributed by atoms with Crippen LogP contribution in [0.25, 0.3) is 16.7 Å². The number of fused-ring (bicyclic) bond motifs is 1. The second-order valence-corrected chi connectivity index (χ2v) is 9.68. The molecular formula is C23H31N5O2. The molecule has 2 aromatic carbocycles. The van der Waals surface area contributed by atoms with Crippen LogP contribution in [0.4, 0.5) is 0 Å². The lowest BCUT2D eigenvalue weighted by molar-refractivity contribution is -0.121. The van der Waals surface area contributed by atoms with Crippen LogP contribution in [0, 0.1) is 5.41 Å². The van der Waals surface area contributed by atoms with Crippen LogP contribution < -0.4 is 11.3 Å². The van der Waals surface area contributed by atoms with Gasteiger partial charge in [0.15, 0.2) is 0 Å². The number of hydrogen-bond acceptors (Lipinski definition) is 5. The third-order valence-corrected chi connectivity index (χ3v) is 5.15. The van der Waals surface area contributed by atoms with Crippen molar-refractivity contribution in [3.63, 3.8) is 0 Å². The Morgan fingerprint density at radius 3 is 2.23 bits per heavy atom. The Hall–Kier alpha value is -2.93. The number of phenolic OH excluding ortho intramolecular Hbond substituents is 1. The number of nitrogens with two attached hydrogens (primary N) is 1. The normalized spacial score (nSPS) is 12.3. The summed E-state index contributed by atoms with van der Waals surface area (Å²) in [6, 6.07) is 11.4. The van der Waals surface area contributed by atoms with Crippen molar-refractivity contribution < 1.29 is 9.90 Å². The summed E-state index contributed by atoms with van der Waals surface area (Å²) in [6.45, 7) is 10.8. The number of hydrazine groups is 1. The van der Waals surface area contributed by atoms with Gasteiger partial charge in [-0.15, -0.1) is 15.0 Å². The monoisotopic (exact) mass is 409 g/mol. The van der Waals surface area contributed by atoms with Crippen molar-refractivity contribution >= 4 is 16.9 Å². The second kappa shape index (κ2) is 8.07. The quantitative estimate of drug-likeness (QED) is 0.326. The maximum absolute atomic E-state index is 11.7. The van der Waals surface area contributed by atoms with Gasteiger partial charge in [-0.2, -0.15) is 0 Å². The molecule has 160 valence electrons. The molecule has 0 bridgehead atoms. The molecule has 0 atom stereocenters. The smallest absolute Gasteiger partial charge is 0.234 e. The zero-order valence-corrected chi connectivity index (χ0v) is 18.4. The number of nitrogens with one attached hydrogen (secondary N) is 1. The van der Waals surface area contributed by atoms with Gasteiger partial charge in [0.05, 0.1) is 0 Å². The molecule has 1 heterocycles. The van der Waals surface area contributed by atoms with E-state index in [0.717, 1.165) is 28.6 Å². The van der Waals surface area contributed by atoms with Crippen LogP contribution in [0.15, 0.2) is 36.4 Å². The molecule has 0 aliphatic carbocycles. The Morgan fingerprint density at radius 2 is 1.70 bits per heavy atom. The van der Waals surface area contributed by atoms with Gasteiger partial charge in [-0.3, -0.25) is 10.2 Å². The fourth-order valence-electron chi connectivity index (χ4n) is 4.21. The molecular weight excluding hydrogens is 378 g/mol. The van der Waals surface area contributed by atoms with E-state index in [4.69, 9.17) is 5.84 Å². The van der Waals surface area contributed by atoms with Gasteiger partial charge < -0.3 is 5.11 Å². The Morgan fingerprint density at radius 1 is 1.10 bits per heavy atom. The molecule has 0 spiro atoms. The van der Waals surface area contributed by atoms with E-state index in [2.05, 4.69) is 50.2 Å². The largest absolute Gasteiger partial charge is 0.505 e. The van der Waals surface area contributed by atoms with Crippen molar-refractivity contribution in [2.24, 2.45) is 11.3 Å². The van der Waals surface area contributed by atoms with E-state index in [1.165, 1.54) is 4.80 Å². The predicted molar refractivity (Wildman–Crippen MR) is 118 cm³/mol. The third-order valence-electron chi connectivity index (χ3n) is 5.15.